The van der Waals surface area contributed by atoms with Gasteiger partial charge in [-0.3, -0.25) is 5.84 Å². The molecular formula is C19H16N2O4S. The van der Waals surface area contributed by atoms with E-state index in [1.165, 1.54) is 6.07 Å². The summed E-state index contributed by atoms with van der Waals surface area (Å²) in [6.45, 7) is 0. The lowest BCUT2D eigenvalue weighted by atomic mass is 10.00. The Balaban J connectivity index is 2.18. The number of esters is 1. The SMILES string of the molecule is NNS(=O)(=O)c1cccc(-c2ccccc2)c1C(=O)Oc1ccccc1. The van der Waals surface area contributed by atoms with Crippen molar-refractivity contribution in [1.82, 2.24) is 4.83 Å². The van der Waals surface area contributed by atoms with Crippen molar-refractivity contribution in [2.24, 2.45) is 5.84 Å². The van der Waals surface area contributed by atoms with E-state index < -0.39 is 16.0 Å². The molecule has 0 saturated carbocycles. The Morgan fingerprint density at radius 2 is 1.46 bits per heavy atom. The second-order valence-corrected chi connectivity index (χ2v) is 7.05. The molecule has 7 heteroatoms. The van der Waals surface area contributed by atoms with E-state index in [-0.39, 0.29) is 10.5 Å². The van der Waals surface area contributed by atoms with Crippen LogP contribution in [0.4, 0.5) is 0 Å². The summed E-state index contributed by atoms with van der Waals surface area (Å²) in [5, 5.41) is 0. The van der Waals surface area contributed by atoms with Gasteiger partial charge in [-0.15, -0.1) is 0 Å². The quantitative estimate of drug-likeness (QED) is 0.312. The van der Waals surface area contributed by atoms with E-state index >= 15 is 0 Å². The van der Waals surface area contributed by atoms with Crippen molar-refractivity contribution in [3.05, 3.63) is 84.4 Å². The summed E-state index contributed by atoms with van der Waals surface area (Å²) in [5.74, 6) is 4.68. The van der Waals surface area contributed by atoms with Gasteiger partial charge in [-0.2, -0.15) is 4.83 Å². The maximum atomic E-state index is 12.8. The van der Waals surface area contributed by atoms with E-state index in [1.54, 1.807) is 71.6 Å². The molecule has 3 aromatic rings. The first-order chi connectivity index (χ1) is 12.5. The minimum absolute atomic E-state index is 0.0829. The van der Waals surface area contributed by atoms with Gasteiger partial charge in [0, 0.05) is 0 Å². The summed E-state index contributed by atoms with van der Waals surface area (Å²) in [7, 11) is -4.07. The van der Waals surface area contributed by atoms with Crippen molar-refractivity contribution < 1.29 is 17.9 Å². The number of ether oxygens (including phenoxy) is 1. The number of nitrogens with one attached hydrogen (secondary N) is 1. The molecule has 3 rings (SSSR count). The molecule has 0 spiro atoms. The van der Waals surface area contributed by atoms with Crippen LogP contribution in [0.5, 0.6) is 5.75 Å². The Morgan fingerprint density at radius 1 is 0.846 bits per heavy atom. The summed E-state index contributed by atoms with van der Waals surface area (Å²) in [6.07, 6.45) is 0. The Kier molecular flexibility index (Phi) is 5.13. The van der Waals surface area contributed by atoms with Crippen LogP contribution in [0.3, 0.4) is 0 Å². The highest BCUT2D eigenvalue weighted by molar-refractivity contribution is 7.89. The predicted molar refractivity (Wildman–Crippen MR) is 97.8 cm³/mol. The van der Waals surface area contributed by atoms with Gasteiger partial charge in [-0.25, -0.2) is 13.2 Å². The number of sulfonamides is 1. The Morgan fingerprint density at radius 3 is 2.08 bits per heavy atom. The molecule has 0 aliphatic rings. The van der Waals surface area contributed by atoms with Gasteiger partial charge in [0.2, 0.25) is 0 Å². The number of para-hydroxylation sites is 1. The predicted octanol–water partition coefficient (Wildman–Crippen LogP) is 2.72. The maximum absolute atomic E-state index is 12.8. The first-order valence-corrected chi connectivity index (χ1v) is 9.19. The first-order valence-electron chi connectivity index (χ1n) is 7.71. The van der Waals surface area contributed by atoms with Crippen molar-refractivity contribution >= 4 is 16.0 Å². The molecule has 3 aromatic carbocycles. The summed E-state index contributed by atoms with van der Waals surface area (Å²) in [4.78, 5) is 14.3. The topological polar surface area (TPSA) is 98.5 Å². The molecule has 0 radical (unpaired) electrons. The molecule has 0 fully saturated rings. The molecule has 0 aliphatic heterocycles. The fourth-order valence-corrected chi connectivity index (χ4v) is 3.38. The number of carbonyl (C=O) groups is 1. The Bertz CT molecular complexity index is 1020. The molecule has 6 nitrogen and oxygen atoms in total. The standard InChI is InChI=1S/C19H16N2O4S/c20-21-26(23,24)17-13-7-12-16(14-8-3-1-4-9-14)18(17)19(22)25-15-10-5-2-6-11-15/h1-13,21H,20H2. The van der Waals surface area contributed by atoms with Crippen LogP contribution in [-0.4, -0.2) is 14.4 Å². The van der Waals surface area contributed by atoms with E-state index in [0.717, 1.165) is 0 Å². The molecule has 0 aliphatic carbocycles. The van der Waals surface area contributed by atoms with E-state index in [9.17, 15) is 13.2 Å². The fourth-order valence-electron chi connectivity index (χ4n) is 2.53. The van der Waals surface area contributed by atoms with Gasteiger partial charge < -0.3 is 4.74 Å². The first kappa shape index (κ1) is 17.8. The van der Waals surface area contributed by atoms with Gasteiger partial charge in [0.05, 0.1) is 10.5 Å². The summed E-state index contributed by atoms with van der Waals surface area (Å²) in [5.41, 5.74) is 1.03. The van der Waals surface area contributed by atoms with Crippen molar-refractivity contribution in [2.75, 3.05) is 0 Å². The van der Waals surface area contributed by atoms with E-state index in [0.29, 0.717) is 16.9 Å². The van der Waals surface area contributed by atoms with Gasteiger partial charge >= 0.3 is 5.97 Å². The number of hydrogen-bond acceptors (Lipinski definition) is 5. The second kappa shape index (κ2) is 7.49. The van der Waals surface area contributed by atoms with Crippen LogP contribution in [-0.2, 0) is 10.0 Å². The number of carbonyl (C=O) groups excluding carboxylic acids is 1. The normalized spacial score (nSPS) is 11.1. The molecule has 0 aromatic heterocycles. The maximum Gasteiger partial charge on any atom is 0.345 e. The summed E-state index contributed by atoms with van der Waals surface area (Å²) >= 11 is 0. The average molecular weight is 368 g/mol. The van der Waals surface area contributed by atoms with Crippen LogP contribution in [0, 0.1) is 0 Å². The highest BCUT2D eigenvalue weighted by Crippen LogP contribution is 2.30. The van der Waals surface area contributed by atoms with Crippen molar-refractivity contribution in [2.45, 2.75) is 4.90 Å². The van der Waals surface area contributed by atoms with Crippen molar-refractivity contribution in [3.63, 3.8) is 0 Å². The Labute approximate surface area is 151 Å². The molecule has 132 valence electrons. The molecule has 0 atom stereocenters. The summed E-state index contributed by atoms with van der Waals surface area (Å²) < 4.78 is 30.0. The molecular weight excluding hydrogens is 352 g/mol. The third-order valence-corrected chi connectivity index (χ3v) is 4.94. The fraction of sp³-hybridized carbons (Fsp3) is 0. The number of hydrazine groups is 1. The number of benzene rings is 3. The van der Waals surface area contributed by atoms with E-state index in [4.69, 9.17) is 10.6 Å². The second-order valence-electron chi connectivity index (χ2n) is 5.37. The van der Waals surface area contributed by atoms with Gasteiger partial charge in [0.25, 0.3) is 10.0 Å². The Hall–Kier alpha value is -3.00. The number of rotatable bonds is 5. The van der Waals surface area contributed by atoms with Gasteiger partial charge in [-0.1, -0.05) is 60.7 Å². The number of hydrogen-bond donors (Lipinski definition) is 2. The van der Waals surface area contributed by atoms with Gasteiger partial charge in [0.15, 0.2) is 0 Å². The van der Waals surface area contributed by atoms with Crippen LogP contribution < -0.4 is 15.4 Å². The molecule has 0 unspecified atom stereocenters. The van der Waals surface area contributed by atoms with Crippen LogP contribution in [0.1, 0.15) is 10.4 Å². The van der Waals surface area contributed by atoms with E-state index in [1.807, 2.05) is 6.07 Å². The lowest BCUT2D eigenvalue weighted by molar-refractivity contribution is 0.0731. The molecule has 3 N–H and O–H groups in total. The highest BCUT2D eigenvalue weighted by atomic mass is 32.2. The summed E-state index contributed by atoms with van der Waals surface area (Å²) in [6, 6.07) is 21.9. The van der Waals surface area contributed by atoms with Crippen LogP contribution >= 0.6 is 0 Å². The molecule has 0 bridgehead atoms. The highest BCUT2D eigenvalue weighted by Gasteiger charge is 2.26. The van der Waals surface area contributed by atoms with Gasteiger partial charge in [0.1, 0.15) is 5.75 Å². The molecule has 26 heavy (non-hydrogen) atoms. The molecule has 0 heterocycles. The zero-order valence-corrected chi connectivity index (χ0v) is 14.4. The third-order valence-electron chi connectivity index (χ3n) is 3.71. The van der Waals surface area contributed by atoms with Crippen molar-refractivity contribution in [1.29, 1.82) is 0 Å². The van der Waals surface area contributed by atoms with Crippen LogP contribution in [0.15, 0.2) is 83.8 Å². The van der Waals surface area contributed by atoms with Crippen molar-refractivity contribution in [3.8, 4) is 16.9 Å². The number of nitrogens with two attached hydrogens (primary N) is 1. The largest absolute Gasteiger partial charge is 0.423 e. The van der Waals surface area contributed by atoms with Gasteiger partial charge in [-0.05, 0) is 29.3 Å². The minimum atomic E-state index is -4.07. The minimum Gasteiger partial charge on any atom is -0.423 e. The van der Waals surface area contributed by atoms with E-state index in [2.05, 4.69) is 0 Å². The smallest absolute Gasteiger partial charge is 0.345 e. The molecule has 0 saturated heterocycles. The monoisotopic (exact) mass is 368 g/mol. The average Bonchev–Trinajstić information content (AvgIpc) is 2.69. The lowest BCUT2D eigenvalue weighted by Gasteiger charge is -2.14. The zero-order valence-electron chi connectivity index (χ0n) is 13.6. The van der Waals surface area contributed by atoms with Crippen LogP contribution in [0.2, 0.25) is 0 Å². The molecule has 0 amide bonds. The zero-order chi connectivity index (χ0) is 18.6. The third kappa shape index (κ3) is 3.65. The van der Waals surface area contributed by atoms with Crippen LogP contribution in [0.25, 0.3) is 11.1 Å². The lowest BCUT2D eigenvalue weighted by Crippen LogP contribution is -2.32.